The Kier molecular flexibility index (Phi) is 1.36. The minimum atomic E-state index is -1.14. The van der Waals surface area contributed by atoms with E-state index in [2.05, 4.69) is 0 Å². The summed E-state index contributed by atoms with van der Waals surface area (Å²) in [6, 6.07) is 0. The summed E-state index contributed by atoms with van der Waals surface area (Å²) >= 11 is 0. The van der Waals surface area contributed by atoms with Gasteiger partial charge in [0.2, 0.25) is 0 Å². The lowest BCUT2D eigenvalue weighted by Crippen LogP contribution is -2.37. The number of rotatable bonds is 1. The number of hydrogen-bond donors (Lipinski definition) is 1. The molecule has 0 aromatic carbocycles. The van der Waals surface area contributed by atoms with Crippen LogP contribution in [0.3, 0.4) is 0 Å². The highest BCUT2D eigenvalue weighted by atomic mass is 16.1. The molecule has 0 aromatic rings. The Bertz CT molecular complexity index is 56.3. The summed E-state index contributed by atoms with van der Waals surface area (Å²) in [7, 11) is 4.94. The van der Waals surface area contributed by atoms with Gasteiger partial charge in [-0.15, -0.1) is 0 Å². The van der Waals surface area contributed by atoms with Gasteiger partial charge >= 0.3 is 0 Å². The molecule has 0 saturated carbocycles. The fraction of sp³-hybridized carbons (Fsp3) is 0.667. The van der Waals surface area contributed by atoms with Crippen LogP contribution in [0.15, 0.2) is 0 Å². The first-order chi connectivity index (χ1) is 2.56. The molecule has 2 nitrogen and oxygen atoms in total. The fourth-order valence-electron chi connectivity index (χ4n) is 0. The molecule has 1 unspecified atom stereocenters. The van der Waals surface area contributed by atoms with Crippen LogP contribution >= 0.6 is 0 Å². The monoisotopic (exact) mass is 83.1 g/mol. The average Bonchev–Trinajstić information content (AvgIpc) is 1.35. The predicted octanol–water partition coefficient (Wildman–Crippen LogP) is -0.971. The summed E-state index contributed by atoms with van der Waals surface area (Å²) in [6.45, 7) is 1.43. The number of carbonyl (C=O) groups is 1. The molecule has 2 N–H and O–H groups in total. The Labute approximate surface area is 38.1 Å². The Hall–Kier alpha value is -0.305. The maximum atomic E-state index is 9.58. The van der Waals surface area contributed by atoms with E-state index in [-0.39, 0.29) is 0 Å². The van der Waals surface area contributed by atoms with Crippen molar-refractivity contribution in [3.05, 3.63) is 0 Å². The zero-order valence-corrected chi connectivity index (χ0v) is 3.64. The van der Waals surface area contributed by atoms with Crippen LogP contribution in [-0.4, -0.2) is 19.6 Å². The van der Waals surface area contributed by atoms with E-state index >= 15 is 0 Å². The lowest BCUT2D eigenvalue weighted by Gasteiger charge is -2.05. The van der Waals surface area contributed by atoms with Crippen LogP contribution in [0.5, 0.6) is 0 Å². The number of aldehydes is 1. The molecule has 0 aliphatic carbocycles. The van der Waals surface area contributed by atoms with Crippen molar-refractivity contribution in [3.8, 4) is 0 Å². The lowest BCUT2D eigenvalue weighted by atomic mass is 9.83. The average molecular weight is 82.9 g/mol. The zero-order chi connectivity index (χ0) is 5.21. The van der Waals surface area contributed by atoms with E-state index in [0.717, 1.165) is 0 Å². The van der Waals surface area contributed by atoms with Crippen LogP contribution in [0, 0.1) is 0 Å². The van der Waals surface area contributed by atoms with Gasteiger partial charge in [0.25, 0.3) is 0 Å². The van der Waals surface area contributed by atoms with Crippen LogP contribution in [-0.2, 0) is 4.79 Å². The van der Waals surface area contributed by atoms with Crippen LogP contribution in [0.25, 0.3) is 0 Å². The third kappa shape index (κ3) is 3.69. The minimum absolute atomic E-state index is 0.493. The molecule has 32 valence electrons. The van der Waals surface area contributed by atoms with Crippen LogP contribution in [0.1, 0.15) is 6.92 Å². The molecule has 0 saturated heterocycles. The minimum Gasteiger partial charge on any atom is -0.327 e. The van der Waals surface area contributed by atoms with Gasteiger partial charge in [-0.3, -0.25) is 0 Å². The van der Waals surface area contributed by atoms with Crippen molar-refractivity contribution >= 4 is 14.1 Å². The molecule has 2 radical (unpaired) electrons. The molecule has 0 amide bonds. The highest BCUT2D eigenvalue weighted by molar-refractivity contribution is 6.23. The maximum absolute atomic E-state index is 9.58. The number of nitrogens with two attached hydrogens (primary N) is 1. The normalized spacial score (nSPS) is 19.0. The Morgan fingerprint density at radius 3 is 2.17 bits per heavy atom. The van der Waals surface area contributed by atoms with Crippen LogP contribution < -0.4 is 5.73 Å². The highest BCUT2D eigenvalue weighted by Crippen LogP contribution is 1.78. The molecule has 0 aromatic heterocycles. The molecular formula is C3H6BNO. The third-order valence-electron chi connectivity index (χ3n) is 0.254. The van der Waals surface area contributed by atoms with Gasteiger partial charge in [0, 0.05) is 5.44 Å². The van der Waals surface area contributed by atoms with E-state index in [4.69, 9.17) is 13.6 Å². The summed E-state index contributed by atoms with van der Waals surface area (Å²) in [4.78, 5) is 9.58. The topological polar surface area (TPSA) is 43.1 Å². The first kappa shape index (κ1) is 5.69. The van der Waals surface area contributed by atoms with E-state index in [1.807, 2.05) is 0 Å². The molecule has 6 heavy (non-hydrogen) atoms. The fourth-order valence-corrected chi connectivity index (χ4v) is 0. The van der Waals surface area contributed by atoms with Crippen molar-refractivity contribution in [3.63, 3.8) is 0 Å². The highest BCUT2D eigenvalue weighted by Gasteiger charge is 2.04. The largest absolute Gasteiger partial charge is 0.327 e. The van der Waals surface area contributed by atoms with E-state index < -0.39 is 5.44 Å². The molecule has 3 heteroatoms. The molecule has 0 rings (SSSR count). The molecule has 0 aliphatic heterocycles. The van der Waals surface area contributed by atoms with Gasteiger partial charge in [-0.2, -0.15) is 0 Å². The van der Waals surface area contributed by atoms with Crippen LogP contribution in [0.2, 0.25) is 0 Å². The predicted molar refractivity (Wildman–Crippen MR) is 24.4 cm³/mol. The van der Waals surface area contributed by atoms with Crippen molar-refractivity contribution in [1.29, 1.82) is 0 Å². The second-order valence-electron chi connectivity index (χ2n) is 1.48. The summed E-state index contributed by atoms with van der Waals surface area (Å²) in [5, 5.41) is 0. The molecule has 0 heterocycles. The maximum Gasteiger partial charge on any atom is 0.130 e. The quantitative estimate of drug-likeness (QED) is 0.327. The SMILES string of the molecule is [B]C(C)(N)C=O. The standard InChI is InChI=1S/C3H6BNO/c1-3(4,5)2-6/h2H,5H2,1H3. The molecular weight excluding hydrogens is 76.9 g/mol. The van der Waals surface area contributed by atoms with Gasteiger partial charge in [0.1, 0.15) is 14.1 Å². The smallest absolute Gasteiger partial charge is 0.130 e. The Balaban J connectivity index is 3.45. The van der Waals surface area contributed by atoms with Crippen molar-refractivity contribution in [1.82, 2.24) is 0 Å². The molecule has 0 fully saturated rings. The molecule has 0 aliphatic rings. The van der Waals surface area contributed by atoms with Crippen molar-refractivity contribution < 1.29 is 4.79 Å². The van der Waals surface area contributed by atoms with Crippen molar-refractivity contribution in [2.75, 3.05) is 0 Å². The summed E-state index contributed by atoms with van der Waals surface area (Å²) in [6.07, 6.45) is 0.493. The molecule has 1 atom stereocenters. The van der Waals surface area contributed by atoms with Gasteiger partial charge in [-0.1, -0.05) is 0 Å². The summed E-state index contributed by atoms with van der Waals surface area (Å²) in [5.41, 5.74) is 3.81. The number of hydrogen-bond acceptors (Lipinski definition) is 2. The van der Waals surface area contributed by atoms with Gasteiger partial charge in [-0.25, -0.2) is 0 Å². The van der Waals surface area contributed by atoms with E-state index in [9.17, 15) is 4.79 Å². The lowest BCUT2D eigenvalue weighted by molar-refractivity contribution is -0.109. The number of carbonyl (C=O) groups excluding carboxylic acids is 1. The van der Waals surface area contributed by atoms with Gasteiger partial charge in [0.05, 0.1) is 0 Å². The second kappa shape index (κ2) is 1.43. The van der Waals surface area contributed by atoms with Crippen LogP contribution in [0.4, 0.5) is 0 Å². The third-order valence-corrected chi connectivity index (χ3v) is 0.254. The van der Waals surface area contributed by atoms with Gasteiger partial charge in [-0.05, 0) is 6.92 Å². The molecule has 0 bridgehead atoms. The van der Waals surface area contributed by atoms with Gasteiger partial charge in [0.15, 0.2) is 0 Å². The zero-order valence-electron chi connectivity index (χ0n) is 3.64. The van der Waals surface area contributed by atoms with Crippen molar-refractivity contribution in [2.45, 2.75) is 12.4 Å². The second-order valence-corrected chi connectivity index (χ2v) is 1.48. The van der Waals surface area contributed by atoms with E-state index in [1.165, 1.54) is 6.92 Å². The first-order valence-corrected chi connectivity index (χ1v) is 1.60. The summed E-state index contributed by atoms with van der Waals surface area (Å²) < 4.78 is 0. The Morgan fingerprint density at radius 2 is 2.17 bits per heavy atom. The van der Waals surface area contributed by atoms with E-state index in [1.54, 1.807) is 0 Å². The van der Waals surface area contributed by atoms with E-state index in [0.29, 0.717) is 6.29 Å². The first-order valence-electron chi connectivity index (χ1n) is 1.60. The molecule has 0 spiro atoms. The van der Waals surface area contributed by atoms with Crippen molar-refractivity contribution in [2.24, 2.45) is 5.73 Å². The summed E-state index contributed by atoms with van der Waals surface area (Å²) in [5.74, 6) is 0. The van der Waals surface area contributed by atoms with Gasteiger partial charge < -0.3 is 10.5 Å². The Morgan fingerprint density at radius 1 is 2.00 bits per heavy atom.